The second kappa shape index (κ2) is 3.02. The molecule has 0 unspecified atom stereocenters. The number of aromatic amines is 1. The predicted octanol–water partition coefficient (Wildman–Crippen LogP) is 2.11. The normalized spacial score (nSPS) is 12.3. The van der Waals surface area contributed by atoms with Crippen LogP contribution in [0.2, 0.25) is 0 Å². The van der Waals surface area contributed by atoms with Gasteiger partial charge in [-0.2, -0.15) is 18.2 Å². The van der Waals surface area contributed by atoms with Crippen LogP contribution in [-0.2, 0) is 6.18 Å². The fourth-order valence-corrected chi connectivity index (χ4v) is 1.38. The van der Waals surface area contributed by atoms with E-state index in [1.165, 1.54) is 10.6 Å². The van der Waals surface area contributed by atoms with Gasteiger partial charge in [0.05, 0.1) is 0 Å². The highest BCUT2D eigenvalue weighted by Crippen LogP contribution is 2.26. The van der Waals surface area contributed by atoms with Crippen LogP contribution >= 0.6 is 12.2 Å². The van der Waals surface area contributed by atoms with Crippen molar-refractivity contribution in [2.24, 2.45) is 0 Å². The van der Waals surface area contributed by atoms with Crippen LogP contribution in [0.25, 0.3) is 5.65 Å². The highest BCUT2D eigenvalue weighted by Gasteiger charge is 2.35. The minimum absolute atomic E-state index is 0.111. The van der Waals surface area contributed by atoms with Crippen LogP contribution in [0, 0.1) is 11.7 Å². The Morgan fingerprint density at radius 2 is 2.07 bits per heavy atom. The lowest BCUT2D eigenvalue weighted by Gasteiger charge is -2.03. The molecule has 0 bridgehead atoms. The number of halogens is 3. The van der Waals surface area contributed by atoms with Gasteiger partial charge in [-0.25, -0.2) is 9.50 Å². The molecule has 0 radical (unpaired) electrons. The molecule has 0 aliphatic heterocycles. The third-order valence-corrected chi connectivity index (χ3v) is 2.00. The lowest BCUT2D eigenvalue weighted by Crippen LogP contribution is -2.13. The van der Waals surface area contributed by atoms with E-state index in [9.17, 15) is 13.2 Å². The molecular formula is C7H5F3N4S. The van der Waals surface area contributed by atoms with Gasteiger partial charge < -0.3 is 0 Å². The van der Waals surface area contributed by atoms with Crippen molar-refractivity contribution in [3.8, 4) is 0 Å². The second-order valence-electron chi connectivity index (χ2n) is 2.96. The molecule has 15 heavy (non-hydrogen) atoms. The molecule has 2 heterocycles. The summed E-state index contributed by atoms with van der Waals surface area (Å²) in [6, 6.07) is 1.46. The van der Waals surface area contributed by atoms with Crippen molar-refractivity contribution < 1.29 is 13.2 Å². The Morgan fingerprint density at radius 3 is 2.67 bits per heavy atom. The number of H-pyrrole nitrogens is 1. The molecule has 2 rings (SSSR count). The van der Waals surface area contributed by atoms with Gasteiger partial charge in [0.15, 0.2) is 5.65 Å². The molecule has 0 aromatic carbocycles. The molecular weight excluding hydrogens is 229 g/mol. The molecule has 0 amide bonds. The Kier molecular flexibility index (Phi) is 2.03. The van der Waals surface area contributed by atoms with Crippen molar-refractivity contribution in [3.05, 3.63) is 22.4 Å². The lowest BCUT2D eigenvalue weighted by molar-refractivity contribution is -0.145. The first kappa shape index (κ1) is 10.1. The van der Waals surface area contributed by atoms with E-state index in [0.29, 0.717) is 5.69 Å². The number of nitrogens with zero attached hydrogens (tertiary/aromatic N) is 3. The van der Waals surface area contributed by atoms with Crippen LogP contribution in [0.1, 0.15) is 11.5 Å². The van der Waals surface area contributed by atoms with Gasteiger partial charge in [-0.1, -0.05) is 0 Å². The van der Waals surface area contributed by atoms with Crippen LogP contribution < -0.4 is 0 Å². The van der Waals surface area contributed by atoms with Gasteiger partial charge in [0.1, 0.15) is 0 Å². The Bertz CT molecular complexity index is 568. The van der Waals surface area contributed by atoms with Gasteiger partial charge in [0.2, 0.25) is 10.6 Å². The summed E-state index contributed by atoms with van der Waals surface area (Å²) < 4.78 is 38.0. The largest absolute Gasteiger partial charge is 0.451 e. The van der Waals surface area contributed by atoms with Gasteiger partial charge >= 0.3 is 6.18 Å². The fraction of sp³-hybridized carbons (Fsp3) is 0.286. The smallest absolute Gasteiger partial charge is 0.295 e. The molecule has 8 heteroatoms. The predicted molar refractivity (Wildman–Crippen MR) is 47.9 cm³/mol. The molecule has 0 fully saturated rings. The van der Waals surface area contributed by atoms with Crippen LogP contribution in [0.3, 0.4) is 0 Å². The fourth-order valence-electron chi connectivity index (χ4n) is 1.15. The second-order valence-corrected chi connectivity index (χ2v) is 3.33. The summed E-state index contributed by atoms with van der Waals surface area (Å²) in [7, 11) is 0. The van der Waals surface area contributed by atoms with E-state index >= 15 is 0 Å². The summed E-state index contributed by atoms with van der Waals surface area (Å²) in [5.74, 6) is -1.22. The van der Waals surface area contributed by atoms with E-state index in [-0.39, 0.29) is 10.4 Å². The monoisotopic (exact) mass is 234 g/mol. The standard InChI is InChI=1S/C7H5F3N4S/c1-3-2-4-11-5(7(8,9)10)12-6(15)14(4)13-3/h2,13H,1H3. The third kappa shape index (κ3) is 1.72. The van der Waals surface area contributed by atoms with Gasteiger partial charge in [0, 0.05) is 11.8 Å². The molecule has 0 spiro atoms. The maximum Gasteiger partial charge on any atom is 0.451 e. The minimum atomic E-state index is -4.58. The third-order valence-electron chi connectivity index (χ3n) is 1.73. The average molecular weight is 234 g/mol. The quantitative estimate of drug-likeness (QED) is 0.710. The zero-order valence-electron chi connectivity index (χ0n) is 7.46. The zero-order chi connectivity index (χ0) is 11.2. The van der Waals surface area contributed by atoms with Crippen molar-refractivity contribution in [2.75, 3.05) is 0 Å². The number of hydrogen-bond acceptors (Lipinski definition) is 3. The van der Waals surface area contributed by atoms with Crippen LogP contribution in [0.5, 0.6) is 0 Å². The molecule has 1 N–H and O–H groups in total. The van der Waals surface area contributed by atoms with E-state index < -0.39 is 12.0 Å². The van der Waals surface area contributed by atoms with Crippen LogP contribution in [0.4, 0.5) is 13.2 Å². The van der Waals surface area contributed by atoms with Crippen molar-refractivity contribution in [1.29, 1.82) is 0 Å². The number of hydrogen-bond donors (Lipinski definition) is 1. The number of alkyl halides is 3. The highest BCUT2D eigenvalue weighted by atomic mass is 32.1. The summed E-state index contributed by atoms with van der Waals surface area (Å²) in [4.78, 5) is 6.55. The molecule has 2 aromatic heterocycles. The molecule has 0 atom stereocenters. The Hall–Kier alpha value is -1.44. The number of nitrogens with one attached hydrogen (secondary N) is 1. The molecule has 0 aliphatic carbocycles. The van der Waals surface area contributed by atoms with Gasteiger partial charge in [0.25, 0.3) is 0 Å². The minimum Gasteiger partial charge on any atom is -0.295 e. The summed E-state index contributed by atoms with van der Waals surface area (Å²) in [6.45, 7) is 1.69. The summed E-state index contributed by atoms with van der Waals surface area (Å²) in [5.41, 5.74) is 0.773. The Balaban J connectivity index is 2.78. The number of rotatable bonds is 0. The zero-order valence-corrected chi connectivity index (χ0v) is 8.28. The topological polar surface area (TPSA) is 46.0 Å². The van der Waals surface area contributed by atoms with E-state index in [0.717, 1.165) is 0 Å². The van der Waals surface area contributed by atoms with E-state index in [1.54, 1.807) is 6.92 Å². The number of aryl methyl sites for hydroxylation is 1. The molecule has 0 aliphatic rings. The van der Waals surface area contributed by atoms with Crippen LogP contribution in [0.15, 0.2) is 6.07 Å². The lowest BCUT2D eigenvalue weighted by atomic mass is 10.5. The van der Waals surface area contributed by atoms with Crippen molar-refractivity contribution in [1.82, 2.24) is 19.6 Å². The maximum absolute atomic E-state index is 12.3. The molecule has 4 nitrogen and oxygen atoms in total. The van der Waals surface area contributed by atoms with E-state index in [1.807, 2.05) is 0 Å². The average Bonchev–Trinajstić information content (AvgIpc) is 2.44. The van der Waals surface area contributed by atoms with Crippen LogP contribution in [-0.4, -0.2) is 19.6 Å². The van der Waals surface area contributed by atoms with E-state index in [4.69, 9.17) is 12.2 Å². The Morgan fingerprint density at radius 1 is 1.40 bits per heavy atom. The first-order chi connectivity index (χ1) is 6.88. The van der Waals surface area contributed by atoms with Crippen molar-refractivity contribution >= 4 is 17.9 Å². The molecule has 0 saturated carbocycles. The SMILES string of the molecule is Cc1cc2nc(C(F)(F)F)nc(=S)n2[nH]1. The van der Waals surface area contributed by atoms with Gasteiger partial charge in [-0.15, -0.1) is 0 Å². The van der Waals surface area contributed by atoms with Gasteiger partial charge in [-0.05, 0) is 19.1 Å². The highest BCUT2D eigenvalue weighted by molar-refractivity contribution is 7.71. The first-order valence-corrected chi connectivity index (χ1v) is 4.32. The summed E-state index contributed by atoms with van der Waals surface area (Å²) in [6.07, 6.45) is -4.58. The molecule has 0 saturated heterocycles. The maximum atomic E-state index is 12.3. The first-order valence-electron chi connectivity index (χ1n) is 3.91. The molecule has 2 aromatic rings. The summed E-state index contributed by atoms with van der Waals surface area (Å²) >= 11 is 4.70. The van der Waals surface area contributed by atoms with E-state index in [2.05, 4.69) is 15.1 Å². The van der Waals surface area contributed by atoms with Crippen molar-refractivity contribution in [2.45, 2.75) is 13.1 Å². The van der Waals surface area contributed by atoms with Gasteiger partial charge in [-0.3, -0.25) is 5.10 Å². The number of aromatic nitrogens is 4. The molecule has 80 valence electrons. The van der Waals surface area contributed by atoms with Crippen molar-refractivity contribution in [3.63, 3.8) is 0 Å². The number of fused-ring (bicyclic) bond motifs is 1. The Labute approximate surface area is 86.8 Å². The summed E-state index contributed by atoms with van der Waals surface area (Å²) in [5, 5.41) is 2.73.